The van der Waals surface area contributed by atoms with E-state index in [0.29, 0.717) is 5.82 Å². The Kier molecular flexibility index (Phi) is 3.52. The van der Waals surface area contributed by atoms with Gasteiger partial charge in [0.05, 0.1) is 4.47 Å². The summed E-state index contributed by atoms with van der Waals surface area (Å²) in [5, 5.41) is 5.50. The van der Waals surface area contributed by atoms with Gasteiger partial charge in [-0.05, 0) is 39.7 Å². The molecular formula is C15H13BrN4. The van der Waals surface area contributed by atoms with E-state index in [0.717, 1.165) is 27.5 Å². The smallest absolute Gasteiger partial charge is 0.138 e. The first-order valence-electron chi connectivity index (χ1n) is 6.20. The number of hydrogen-bond acceptors (Lipinski definition) is 4. The van der Waals surface area contributed by atoms with Crippen LogP contribution < -0.4 is 11.1 Å². The highest BCUT2D eigenvalue weighted by molar-refractivity contribution is 9.10. The van der Waals surface area contributed by atoms with Gasteiger partial charge in [0.25, 0.3) is 0 Å². The van der Waals surface area contributed by atoms with E-state index in [1.54, 1.807) is 18.6 Å². The molecule has 3 aromatic rings. The fourth-order valence-corrected chi connectivity index (χ4v) is 2.47. The van der Waals surface area contributed by atoms with E-state index >= 15 is 0 Å². The fourth-order valence-electron chi connectivity index (χ4n) is 2.02. The monoisotopic (exact) mass is 328 g/mol. The van der Waals surface area contributed by atoms with Crippen molar-refractivity contribution >= 4 is 38.2 Å². The minimum Gasteiger partial charge on any atom is -0.383 e. The molecule has 0 saturated carbocycles. The molecule has 0 bridgehead atoms. The van der Waals surface area contributed by atoms with Crippen LogP contribution in [-0.4, -0.2) is 9.97 Å². The van der Waals surface area contributed by atoms with Crippen LogP contribution in [0.5, 0.6) is 0 Å². The van der Waals surface area contributed by atoms with Crippen molar-refractivity contribution in [3.63, 3.8) is 0 Å². The third-order valence-corrected chi connectivity index (χ3v) is 3.93. The Morgan fingerprint density at radius 1 is 1.15 bits per heavy atom. The highest BCUT2D eigenvalue weighted by atomic mass is 79.9. The molecule has 3 rings (SSSR count). The number of halogens is 1. The van der Waals surface area contributed by atoms with Gasteiger partial charge in [0.2, 0.25) is 0 Å². The van der Waals surface area contributed by atoms with E-state index in [9.17, 15) is 0 Å². The van der Waals surface area contributed by atoms with Gasteiger partial charge in [-0.2, -0.15) is 0 Å². The minimum atomic E-state index is 0.511. The first-order chi connectivity index (χ1) is 9.74. The van der Waals surface area contributed by atoms with Crippen molar-refractivity contribution in [3.8, 4) is 0 Å². The summed E-state index contributed by atoms with van der Waals surface area (Å²) in [4.78, 5) is 8.13. The number of hydrogen-bond donors (Lipinski definition) is 2. The number of nitrogen functional groups attached to an aromatic ring is 1. The molecule has 0 fully saturated rings. The van der Waals surface area contributed by atoms with Crippen molar-refractivity contribution in [1.82, 2.24) is 9.97 Å². The zero-order chi connectivity index (χ0) is 13.9. The molecule has 0 atom stereocenters. The molecule has 0 amide bonds. The van der Waals surface area contributed by atoms with Crippen molar-refractivity contribution in [1.29, 1.82) is 0 Å². The van der Waals surface area contributed by atoms with Gasteiger partial charge in [-0.3, -0.25) is 4.98 Å². The zero-order valence-corrected chi connectivity index (χ0v) is 12.3. The van der Waals surface area contributed by atoms with Crippen LogP contribution in [0.2, 0.25) is 0 Å². The number of rotatable bonds is 3. The predicted octanol–water partition coefficient (Wildman–Crippen LogP) is 3.59. The number of anilines is 2. The second-order valence-electron chi connectivity index (χ2n) is 4.47. The van der Waals surface area contributed by atoms with Gasteiger partial charge < -0.3 is 11.1 Å². The molecule has 0 aliphatic rings. The SMILES string of the molecule is Nc1ncc2ccc(CNc3ccncc3)cc2c1Br. The summed E-state index contributed by atoms with van der Waals surface area (Å²) in [6.07, 6.45) is 5.33. The van der Waals surface area contributed by atoms with Gasteiger partial charge in [0.1, 0.15) is 5.82 Å². The largest absolute Gasteiger partial charge is 0.383 e. The average molecular weight is 329 g/mol. The van der Waals surface area contributed by atoms with E-state index in [1.165, 1.54) is 5.56 Å². The Bertz CT molecular complexity index is 743. The molecule has 0 aliphatic carbocycles. The summed E-state index contributed by atoms with van der Waals surface area (Å²) < 4.78 is 0.848. The third-order valence-electron chi connectivity index (χ3n) is 3.10. The molecule has 20 heavy (non-hydrogen) atoms. The van der Waals surface area contributed by atoms with Crippen LogP contribution in [0.15, 0.2) is 53.4 Å². The van der Waals surface area contributed by atoms with E-state index in [-0.39, 0.29) is 0 Å². The molecule has 3 N–H and O–H groups in total. The summed E-state index contributed by atoms with van der Waals surface area (Å²) in [7, 11) is 0. The standard InChI is InChI=1S/C15H13BrN4/c16-14-13-7-10(1-2-11(13)9-20-15(14)17)8-19-12-3-5-18-6-4-12/h1-7,9H,8H2,(H2,17,20)(H,18,19). The topological polar surface area (TPSA) is 63.8 Å². The molecule has 0 saturated heterocycles. The van der Waals surface area contributed by atoms with Gasteiger partial charge in [0.15, 0.2) is 0 Å². The lowest BCUT2D eigenvalue weighted by Crippen LogP contribution is -1.99. The molecule has 5 heteroatoms. The zero-order valence-electron chi connectivity index (χ0n) is 10.7. The number of nitrogens with one attached hydrogen (secondary N) is 1. The molecule has 0 spiro atoms. The lowest BCUT2D eigenvalue weighted by Gasteiger charge is -2.08. The first-order valence-corrected chi connectivity index (χ1v) is 7.00. The molecular weight excluding hydrogens is 316 g/mol. The quantitative estimate of drug-likeness (QED) is 0.771. The number of aromatic nitrogens is 2. The molecule has 0 radical (unpaired) electrons. The molecule has 100 valence electrons. The number of fused-ring (bicyclic) bond motifs is 1. The number of nitrogens with two attached hydrogens (primary N) is 1. The summed E-state index contributed by atoms with van der Waals surface area (Å²) in [5.41, 5.74) is 8.05. The van der Waals surface area contributed by atoms with Crippen LogP contribution in [0.4, 0.5) is 11.5 Å². The maximum absolute atomic E-state index is 5.82. The second kappa shape index (κ2) is 5.46. The van der Waals surface area contributed by atoms with E-state index in [2.05, 4.69) is 49.4 Å². The van der Waals surface area contributed by atoms with Gasteiger partial charge in [0, 0.05) is 41.6 Å². The molecule has 0 aliphatic heterocycles. The molecule has 2 heterocycles. The van der Waals surface area contributed by atoms with E-state index < -0.39 is 0 Å². The summed E-state index contributed by atoms with van der Waals surface area (Å²) in [6, 6.07) is 10.1. The van der Waals surface area contributed by atoms with Gasteiger partial charge >= 0.3 is 0 Å². The minimum absolute atomic E-state index is 0.511. The van der Waals surface area contributed by atoms with E-state index in [4.69, 9.17) is 5.73 Å². The average Bonchev–Trinajstić information content (AvgIpc) is 2.50. The van der Waals surface area contributed by atoms with Crippen molar-refractivity contribution < 1.29 is 0 Å². The van der Waals surface area contributed by atoms with Crippen molar-refractivity contribution in [3.05, 3.63) is 59.0 Å². The Morgan fingerprint density at radius 3 is 2.75 bits per heavy atom. The maximum Gasteiger partial charge on any atom is 0.138 e. The van der Waals surface area contributed by atoms with Crippen molar-refractivity contribution in [2.75, 3.05) is 11.1 Å². The lowest BCUT2D eigenvalue weighted by molar-refractivity contribution is 1.15. The Labute approximate surface area is 125 Å². The number of nitrogens with zero attached hydrogens (tertiary/aromatic N) is 2. The van der Waals surface area contributed by atoms with Crippen LogP contribution in [-0.2, 0) is 6.54 Å². The molecule has 2 aromatic heterocycles. The molecule has 0 unspecified atom stereocenters. The molecule has 1 aromatic carbocycles. The normalized spacial score (nSPS) is 10.7. The Morgan fingerprint density at radius 2 is 1.95 bits per heavy atom. The van der Waals surface area contributed by atoms with Gasteiger partial charge in [-0.1, -0.05) is 12.1 Å². The highest BCUT2D eigenvalue weighted by Gasteiger charge is 2.05. The van der Waals surface area contributed by atoms with Crippen LogP contribution in [0, 0.1) is 0 Å². The molecule has 4 nitrogen and oxygen atoms in total. The summed E-state index contributed by atoms with van der Waals surface area (Å²) in [5.74, 6) is 0.511. The summed E-state index contributed by atoms with van der Waals surface area (Å²) >= 11 is 3.49. The fraction of sp³-hybridized carbons (Fsp3) is 0.0667. The second-order valence-corrected chi connectivity index (χ2v) is 5.26. The maximum atomic E-state index is 5.82. The van der Waals surface area contributed by atoms with Crippen LogP contribution >= 0.6 is 15.9 Å². The van der Waals surface area contributed by atoms with E-state index in [1.807, 2.05) is 12.1 Å². The Hall–Kier alpha value is -2.14. The third kappa shape index (κ3) is 2.58. The van der Waals surface area contributed by atoms with Crippen molar-refractivity contribution in [2.24, 2.45) is 0 Å². The lowest BCUT2D eigenvalue weighted by atomic mass is 10.1. The highest BCUT2D eigenvalue weighted by Crippen LogP contribution is 2.28. The number of pyridine rings is 2. The van der Waals surface area contributed by atoms with Gasteiger partial charge in [-0.15, -0.1) is 0 Å². The first kappa shape index (κ1) is 12.9. The van der Waals surface area contributed by atoms with Crippen LogP contribution in [0.3, 0.4) is 0 Å². The van der Waals surface area contributed by atoms with Crippen LogP contribution in [0.25, 0.3) is 10.8 Å². The van der Waals surface area contributed by atoms with Crippen LogP contribution in [0.1, 0.15) is 5.56 Å². The summed E-state index contributed by atoms with van der Waals surface area (Å²) in [6.45, 7) is 0.745. The number of benzene rings is 1. The Balaban J connectivity index is 1.87. The van der Waals surface area contributed by atoms with Gasteiger partial charge in [-0.25, -0.2) is 4.98 Å². The predicted molar refractivity (Wildman–Crippen MR) is 85.4 cm³/mol. The van der Waals surface area contributed by atoms with Crippen molar-refractivity contribution in [2.45, 2.75) is 6.54 Å².